The molecule has 1 unspecified atom stereocenters. The molecule has 16 heavy (non-hydrogen) atoms. The molecule has 94 valence electrons. The summed E-state index contributed by atoms with van der Waals surface area (Å²) in [5, 5.41) is 12.1. The predicted octanol–water partition coefficient (Wildman–Crippen LogP) is 2.72. The first-order chi connectivity index (χ1) is 7.35. The lowest BCUT2D eigenvalue weighted by molar-refractivity contribution is 0.103. The van der Waals surface area contributed by atoms with Crippen molar-refractivity contribution in [2.24, 2.45) is 5.41 Å². The van der Waals surface area contributed by atoms with Gasteiger partial charge in [-0.1, -0.05) is 20.8 Å². The monoisotopic (exact) mass is 226 g/mol. The summed E-state index contributed by atoms with van der Waals surface area (Å²) < 4.78 is 5.53. The van der Waals surface area contributed by atoms with Crippen molar-refractivity contribution in [3.63, 3.8) is 0 Å². The van der Waals surface area contributed by atoms with Crippen molar-refractivity contribution >= 4 is 0 Å². The highest BCUT2D eigenvalue weighted by atomic mass is 16.5. The van der Waals surface area contributed by atoms with Crippen LogP contribution in [-0.4, -0.2) is 25.3 Å². The summed E-state index contributed by atoms with van der Waals surface area (Å²) in [4.78, 5) is 0. The lowest BCUT2D eigenvalue weighted by atomic mass is 9.93. The molecule has 0 aromatic heterocycles. The molecule has 0 saturated carbocycles. The molecular formula is C13H26N2O. The van der Waals surface area contributed by atoms with Gasteiger partial charge < -0.3 is 4.74 Å². The maximum atomic E-state index is 8.89. The van der Waals surface area contributed by atoms with Gasteiger partial charge in [0, 0.05) is 19.3 Å². The summed E-state index contributed by atoms with van der Waals surface area (Å²) in [5.74, 6) is 0. The number of nitrogens with one attached hydrogen (secondary N) is 1. The fraction of sp³-hybridized carbons (Fsp3) is 0.923. The average Bonchev–Trinajstić information content (AvgIpc) is 2.13. The minimum atomic E-state index is -0.0883. The van der Waals surface area contributed by atoms with Crippen LogP contribution in [0.5, 0.6) is 0 Å². The topological polar surface area (TPSA) is 45.0 Å². The van der Waals surface area contributed by atoms with Gasteiger partial charge in [0.25, 0.3) is 0 Å². The van der Waals surface area contributed by atoms with E-state index in [1.54, 1.807) is 0 Å². The van der Waals surface area contributed by atoms with E-state index in [2.05, 4.69) is 32.2 Å². The summed E-state index contributed by atoms with van der Waals surface area (Å²) in [6.45, 7) is 12.1. The van der Waals surface area contributed by atoms with Gasteiger partial charge in [-0.25, -0.2) is 0 Å². The standard InChI is InChI=1S/C13H26N2O/c1-11(2)15-12(10-14)6-8-16-9-7-13(3,4)5/h11-12,15H,6-9H2,1-5H3. The Morgan fingerprint density at radius 2 is 1.88 bits per heavy atom. The van der Waals surface area contributed by atoms with Gasteiger partial charge in [0.1, 0.15) is 0 Å². The van der Waals surface area contributed by atoms with Crippen LogP contribution in [0.4, 0.5) is 0 Å². The molecule has 0 saturated heterocycles. The molecule has 0 spiro atoms. The first kappa shape index (κ1) is 15.4. The van der Waals surface area contributed by atoms with Crippen LogP contribution in [-0.2, 0) is 4.74 Å². The largest absolute Gasteiger partial charge is 0.381 e. The van der Waals surface area contributed by atoms with Gasteiger partial charge in [0.15, 0.2) is 0 Å². The highest BCUT2D eigenvalue weighted by molar-refractivity contribution is 4.90. The van der Waals surface area contributed by atoms with Crippen molar-refractivity contribution in [2.75, 3.05) is 13.2 Å². The van der Waals surface area contributed by atoms with Gasteiger partial charge in [0.2, 0.25) is 0 Å². The van der Waals surface area contributed by atoms with Gasteiger partial charge in [-0.2, -0.15) is 5.26 Å². The van der Waals surface area contributed by atoms with Gasteiger partial charge in [-0.05, 0) is 32.1 Å². The lowest BCUT2D eigenvalue weighted by Crippen LogP contribution is -2.34. The molecule has 0 rings (SSSR count). The first-order valence-corrected chi connectivity index (χ1v) is 6.08. The zero-order chi connectivity index (χ0) is 12.6. The zero-order valence-electron chi connectivity index (χ0n) is 11.3. The van der Waals surface area contributed by atoms with Crippen LogP contribution in [0.15, 0.2) is 0 Å². The Balaban J connectivity index is 3.54. The molecule has 0 aromatic carbocycles. The van der Waals surface area contributed by atoms with Crippen LogP contribution in [0.25, 0.3) is 0 Å². The average molecular weight is 226 g/mol. The van der Waals surface area contributed by atoms with Crippen LogP contribution >= 0.6 is 0 Å². The van der Waals surface area contributed by atoms with Crippen molar-refractivity contribution < 1.29 is 4.74 Å². The molecule has 0 aliphatic rings. The molecule has 1 N–H and O–H groups in total. The minimum absolute atomic E-state index is 0.0883. The first-order valence-electron chi connectivity index (χ1n) is 6.08. The molecule has 3 heteroatoms. The van der Waals surface area contributed by atoms with Crippen LogP contribution < -0.4 is 5.32 Å². The molecule has 0 aliphatic carbocycles. The smallest absolute Gasteiger partial charge is 0.0976 e. The molecular weight excluding hydrogens is 200 g/mol. The third-order valence-electron chi connectivity index (χ3n) is 2.24. The van der Waals surface area contributed by atoms with E-state index in [0.717, 1.165) is 19.4 Å². The van der Waals surface area contributed by atoms with Crippen LogP contribution in [0.2, 0.25) is 0 Å². The maximum Gasteiger partial charge on any atom is 0.0976 e. The summed E-state index contributed by atoms with van der Waals surface area (Å²) in [7, 11) is 0. The minimum Gasteiger partial charge on any atom is -0.381 e. The fourth-order valence-electron chi connectivity index (χ4n) is 1.27. The zero-order valence-corrected chi connectivity index (χ0v) is 11.3. The lowest BCUT2D eigenvalue weighted by Gasteiger charge is -2.18. The van der Waals surface area contributed by atoms with E-state index in [1.807, 2.05) is 13.8 Å². The third-order valence-corrected chi connectivity index (χ3v) is 2.24. The van der Waals surface area contributed by atoms with Crippen molar-refractivity contribution in [1.29, 1.82) is 5.26 Å². The van der Waals surface area contributed by atoms with Crippen molar-refractivity contribution in [2.45, 2.75) is 59.5 Å². The molecule has 1 atom stereocenters. The second-order valence-electron chi connectivity index (χ2n) is 5.71. The highest BCUT2D eigenvalue weighted by Crippen LogP contribution is 2.17. The SMILES string of the molecule is CC(C)NC(C#N)CCOCCC(C)(C)C. The van der Waals surface area contributed by atoms with Crippen LogP contribution in [0.3, 0.4) is 0 Å². The van der Waals surface area contributed by atoms with E-state index in [0.29, 0.717) is 18.1 Å². The summed E-state index contributed by atoms with van der Waals surface area (Å²) >= 11 is 0. The van der Waals surface area contributed by atoms with E-state index in [-0.39, 0.29) is 6.04 Å². The third kappa shape index (κ3) is 9.95. The number of rotatable bonds is 7. The van der Waals surface area contributed by atoms with E-state index in [1.165, 1.54) is 0 Å². The van der Waals surface area contributed by atoms with Gasteiger partial charge in [0.05, 0.1) is 12.1 Å². The van der Waals surface area contributed by atoms with Gasteiger partial charge >= 0.3 is 0 Å². The molecule has 0 amide bonds. The van der Waals surface area contributed by atoms with E-state index in [4.69, 9.17) is 10.00 Å². The molecule has 0 aliphatic heterocycles. The number of nitrogens with zero attached hydrogens (tertiary/aromatic N) is 1. The second kappa shape index (κ2) is 7.65. The van der Waals surface area contributed by atoms with E-state index in [9.17, 15) is 0 Å². The number of nitriles is 1. The Morgan fingerprint density at radius 3 is 2.31 bits per heavy atom. The van der Waals surface area contributed by atoms with Crippen LogP contribution in [0, 0.1) is 16.7 Å². The Kier molecular flexibility index (Phi) is 7.36. The molecule has 0 radical (unpaired) electrons. The highest BCUT2D eigenvalue weighted by Gasteiger charge is 2.11. The summed E-state index contributed by atoms with van der Waals surface area (Å²) in [5.41, 5.74) is 0.324. The Morgan fingerprint density at radius 1 is 1.25 bits per heavy atom. The Hall–Kier alpha value is -0.590. The van der Waals surface area contributed by atoms with E-state index >= 15 is 0 Å². The van der Waals surface area contributed by atoms with E-state index < -0.39 is 0 Å². The van der Waals surface area contributed by atoms with Gasteiger partial charge in [-0.15, -0.1) is 0 Å². The van der Waals surface area contributed by atoms with Crippen molar-refractivity contribution in [3.05, 3.63) is 0 Å². The number of hydrogen-bond donors (Lipinski definition) is 1. The van der Waals surface area contributed by atoms with Crippen LogP contribution in [0.1, 0.15) is 47.5 Å². The fourth-order valence-corrected chi connectivity index (χ4v) is 1.27. The summed E-state index contributed by atoms with van der Waals surface area (Å²) in [6, 6.07) is 2.51. The van der Waals surface area contributed by atoms with Crippen molar-refractivity contribution in [1.82, 2.24) is 5.32 Å². The molecule has 0 aromatic rings. The maximum absolute atomic E-state index is 8.89. The number of hydrogen-bond acceptors (Lipinski definition) is 3. The molecule has 0 heterocycles. The molecule has 0 fully saturated rings. The molecule has 0 bridgehead atoms. The Bertz CT molecular complexity index is 213. The Labute approximate surface area is 100 Å². The molecule has 3 nitrogen and oxygen atoms in total. The summed E-state index contributed by atoms with van der Waals surface area (Å²) in [6.07, 6.45) is 1.82. The quantitative estimate of drug-likeness (QED) is 0.679. The second-order valence-corrected chi connectivity index (χ2v) is 5.71. The normalized spacial score (nSPS) is 13.8. The number of ether oxygens (including phenoxy) is 1. The van der Waals surface area contributed by atoms with Gasteiger partial charge in [-0.3, -0.25) is 5.32 Å². The van der Waals surface area contributed by atoms with Crippen molar-refractivity contribution in [3.8, 4) is 6.07 Å². The predicted molar refractivity (Wildman–Crippen MR) is 67.2 cm³/mol.